The number of anilines is 2. The van der Waals surface area contributed by atoms with Crippen molar-refractivity contribution in [3.63, 3.8) is 0 Å². The molecule has 0 bridgehead atoms. The van der Waals surface area contributed by atoms with Crippen LogP contribution in [-0.4, -0.2) is 38.3 Å². The number of imidazole rings is 1. The van der Waals surface area contributed by atoms with E-state index in [0.717, 1.165) is 35.3 Å². The topological polar surface area (TPSA) is 128 Å². The monoisotopic (exact) mass is 405 g/mol. The summed E-state index contributed by atoms with van der Waals surface area (Å²) in [4.78, 5) is 20.7. The Kier molecular flexibility index (Phi) is 3.50. The number of hydrogen-bond donors (Lipinski definition) is 3. The molecule has 9 heteroatoms. The van der Waals surface area contributed by atoms with Gasteiger partial charge in [0.05, 0.1) is 12.1 Å². The van der Waals surface area contributed by atoms with Crippen LogP contribution in [0.25, 0.3) is 33.5 Å². The molecule has 1 aliphatic heterocycles. The quantitative estimate of drug-likeness (QED) is 0.462. The highest BCUT2D eigenvalue weighted by molar-refractivity contribution is 5.91. The lowest BCUT2D eigenvalue weighted by molar-refractivity contribution is -0.138. The third-order valence-electron chi connectivity index (χ3n) is 5.72. The highest BCUT2D eigenvalue weighted by Gasteiger charge is 2.36. The van der Waals surface area contributed by atoms with Crippen molar-refractivity contribution in [2.24, 2.45) is 5.92 Å². The van der Waals surface area contributed by atoms with Gasteiger partial charge >= 0.3 is 5.97 Å². The smallest absolute Gasteiger partial charge is 0.326 e. The third kappa shape index (κ3) is 2.66. The summed E-state index contributed by atoms with van der Waals surface area (Å²) in [5, 5.41) is 12.7. The Morgan fingerprint density at radius 2 is 2.10 bits per heavy atom. The van der Waals surface area contributed by atoms with E-state index in [4.69, 9.17) is 19.9 Å². The summed E-state index contributed by atoms with van der Waals surface area (Å²) in [5.41, 5.74) is 10.2. The molecule has 0 radical (unpaired) electrons. The van der Waals surface area contributed by atoms with E-state index in [1.54, 1.807) is 0 Å². The molecule has 2 aromatic carbocycles. The number of fused-ring (bicyclic) bond motifs is 1. The molecule has 6 rings (SSSR count). The Morgan fingerprint density at radius 1 is 1.23 bits per heavy atom. The van der Waals surface area contributed by atoms with Crippen molar-refractivity contribution in [1.29, 1.82) is 0 Å². The summed E-state index contributed by atoms with van der Waals surface area (Å²) in [7, 11) is 0. The summed E-state index contributed by atoms with van der Waals surface area (Å²) in [6.07, 6.45) is 1.87. The minimum absolute atomic E-state index is 0.131. The molecule has 4 aromatic rings. The fourth-order valence-electron chi connectivity index (χ4n) is 4.18. The van der Waals surface area contributed by atoms with Crippen LogP contribution in [0.15, 0.2) is 34.7 Å². The number of ether oxygens (including phenoxy) is 1. The zero-order valence-electron chi connectivity index (χ0n) is 16.0. The van der Waals surface area contributed by atoms with Gasteiger partial charge in [0.2, 0.25) is 0 Å². The van der Waals surface area contributed by atoms with Crippen molar-refractivity contribution < 1.29 is 19.1 Å². The van der Waals surface area contributed by atoms with Crippen molar-refractivity contribution in [3.05, 3.63) is 30.3 Å². The van der Waals surface area contributed by atoms with Gasteiger partial charge in [-0.1, -0.05) is 0 Å². The number of nitrogen functional groups attached to an aromatic ring is 1. The van der Waals surface area contributed by atoms with Gasteiger partial charge in [0, 0.05) is 17.3 Å². The molecular formula is C21H19N5O4. The van der Waals surface area contributed by atoms with E-state index >= 15 is 0 Å². The summed E-state index contributed by atoms with van der Waals surface area (Å²) in [6.45, 7) is 1.18. The lowest BCUT2D eigenvalue weighted by Crippen LogP contribution is -2.31. The van der Waals surface area contributed by atoms with Crippen LogP contribution in [0.4, 0.5) is 11.7 Å². The van der Waals surface area contributed by atoms with Crippen LogP contribution in [-0.2, 0) is 11.3 Å². The number of carbonyl (C=O) groups is 1. The number of aromatic nitrogens is 3. The first kappa shape index (κ1) is 17.1. The normalized spacial score (nSPS) is 16.5. The van der Waals surface area contributed by atoms with Crippen LogP contribution in [0.3, 0.4) is 0 Å². The van der Waals surface area contributed by atoms with Crippen LogP contribution in [0.1, 0.15) is 12.8 Å². The Labute approximate surface area is 170 Å². The third-order valence-corrected chi connectivity index (χ3v) is 5.72. The van der Waals surface area contributed by atoms with Crippen LogP contribution in [0.5, 0.6) is 5.75 Å². The first-order valence-corrected chi connectivity index (χ1v) is 9.90. The summed E-state index contributed by atoms with van der Waals surface area (Å²) in [6, 6.07) is 8.95. The van der Waals surface area contributed by atoms with Crippen LogP contribution in [0.2, 0.25) is 0 Å². The summed E-state index contributed by atoms with van der Waals surface area (Å²) >= 11 is 0. The van der Waals surface area contributed by atoms with E-state index < -0.39 is 12.0 Å². The van der Waals surface area contributed by atoms with E-state index in [1.807, 2.05) is 30.3 Å². The van der Waals surface area contributed by atoms with Crippen LogP contribution >= 0.6 is 0 Å². The van der Waals surface area contributed by atoms with E-state index in [1.165, 1.54) is 0 Å². The first-order chi connectivity index (χ1) is 14.6. The van der Waals surface area contributed by atoms with Crippen molar-refractivity contribution in [3.8, 4) is 17.1 Å². The Bertz CT molecular complexity index is 1320. The van der Waals surface area contributed by atoms with E-state index in [0.29, 0.717) is 35.7 Å². The molecule has 1 unspecified atom stereocenters. The largest absolute Gasteiger partial charge is 0.489 e. The second-order valence-electron chi connectivity index (χ2n) is 7.81. The molecule has 2 aliphatic rings. The maximum absolute atomic E-state index is 11.6. The number of carboxylic acid groups (broad SMARTS) is 1. The van der Waals surface area contributed by atoms with Crippen molar-refractivity contribution in [1.82, 2.24) is 14.5 Å². The maximum atomic E-state index is 11.6. The van der Waals surface area contributed by atoms with Crippen LogP contribution < -0.4 is 15.8 Å². The van der Waals surface area contributed by atoms with Gasteiger partial charge in [0.1, 0.15) is 35.3 Å². The SMILES string of the molecule is Nc1nc2cc(-c3nc4cc(NC(C(=O)O)C5CC5)cc5c4n3CCO5)ccc2o1. The number of nitrogens with two attached hydrogens (primary N) is 1. The average Bonchev–Trinajstić information content (AvgIpc) is 3.39. The number of nitrogens with one attached hydrogen (secondary N) is 1. The number of rotatable bonds is 5. The predicted octanol–water partition coefficient (Wildman–Crippen LogP) is 3.09. The molecule has 0 amide bonds. The van der Waals surface area contributed by atoms with Crippen molar-refractivity contribution in [2.75, 3.05) is 17.7 Å². The fourth-order valence-corrected chi connectivity index (χ4v) is 4.18. The van der Waals surface area contributed by atoms with Crippen LogP contribution in [0, 0.1) is 5.92 Å². The van der Waals surface area contributed by atoms with Gasteiger partial charge in [-0.25, -0.2) is 9.78 Å². The fraction of sp³-hybridized carbons (Fsp3) is 0.286. The van der Waals surface area contributed by atoms with E-state index in [2.05, 4.69) is 14.9 Å². The maximum Gasteiger partial charge on any atom is 0.326 e. The predicted molar refractivity (Wildman–Crippen MR) is 110 cm³/mol. The van der Waals surface area contributed by atoms with E-state index in [-0.39, 0.29) is 11.9 Å². The molecule has 30 heavy (non-hydrogen) atoms. The highest BCUT2D eigenvalue weighted by Crippen LogP contribution is 2.39. The minimum atomic E-state index is -0.835. The number of nitrogens with zero attached hydrogens (tertiary/aromatic N) is 3. The average molecular weight is 405 g/mol. The Morgan fingerprint density at radius 3 is 2.90 bits per heavy atom. The number of aliphatic carboxylic acids is 1. The molecule has 4 N–H and O–H groups in total. The summed E-state index contributed by atoms with van der Waals surface area (Å²) < 4.78 is 13.4. The molecule has 1 fully saturated rings. The molecule has 2 aromatic heterocycles. The van der Waals surface area contributed by atoms with Gasteiger partial charge in [0.25, 0.3) is 6.01 Å². The number of hydrogen-bond acceptors (Lipinski definition) is 7. The number of oxazole rings is 1. The van der Waals surface area contributed by atoms with Gasteiger partial charge in [-0.2, -0.15) is 4.98 Å². The van der Waals surface area contributed by atoms with Gasteiger partial charge < -0.3 is 29.9 Å². The molecule has 1 saturated carbocycles. The van der Waals surface area contributed by atoms with Gasteiger partial charge in [0.15, 0.2) is 5.58 Å². The summed E-state index contributed by atoms with van der Waals surface area (Å²) in [5.74, 6) is 0.836. The lowest BCUT2D eigenvalue weighted by atomic mass is 10.1. The number of carboxylic acids is 1. The van der Waals surface area contributed by atoms with Gasteiger partial charge in [-0.05, 0) is 43.0 Å². The van der Waals surface area contributed by atoms with Crippen molar-refractivity contribution in [2.45, 2.75) is 25.4 Å². The molecule has 0 spiro atoms. The molecular weight excluding hydrogens is 386 g/mol. The highest BCUT2D eigenvalue weighted by atomic mass is 16.5. The standard InChI is InChI=1S/C21H19N5O4/c22-21-25-13-7-11(3-4-15(13)30-21)19-24-14-8-12(23-17(20(27)28)10-1-2-10)9-16-18(14)26(19)5-6-29-16/h3-4,7-10,17,23H,1-2,5-6H2,(H2,22,25)(H,27,28). The van der Waals surface area contributed by atoms with Crippen molar-refractivity contribution >= 4 is 39.8 Å². The first-order valence-electron chi connectivity index (χ1n) is 9.90. The molecule has 9 nitrogen and oxygen atoms in total. The molecule has 1 aliphatic carbocycles. The second-order valence-corrected chi connectivity index (χ2v) is 7.81. The minimum Gasteiger partial charge on any atom is -0.489 e. The Hall–Kier alpha value is -3.75. The molecule has 152 valence electrons. The van der Waals surface area contributed by atoms with E-state index in [9.17, 15) is 9.90 Å². The molecule has 0 saturated heterocycles. The molecule has 3 heterocycles. The lowest BCUT2D eigenvalue weighted by Gasteiger charge is -2.20. The number of benzene rings is 2. The Balaban J connectivity index is 1.46. The second kappa shape index (κ2) is 6.12. The van der Waals surface area contributed by atoms with Gasteiger partial charge in [-0.3, -0.25) is 0 Å². The zero-order chi connectivity index (χ0) is 20.4. The molecule has 1 atom stereocenters. The zero-order valence-corrected chi connectivity index (χ0v) is 16.0. The van der Waals surface area contributed by atoms with Gasteiger partial charge in [-0.15, -0.1) is 0 Å².